The van der Waals surface area contributed by atoms with Crippen LogP contribution in [0.5, 0.6) is 0 Å². The number of aromatic nitrogens is 1. The zero-order valence-electron chi connectivity index (χ0n) is 15.9. The zero-order chi connectivity index (χ0) is 20.0. The molecule has 7 heteroatoms. The number of rotatable bonds is 5. The molecule has 3 atom stereocenters. The maximum absolute atomic E-state index is 13.7. The van der Waals surface area contributed by atoms with E-state index in [0.29, 0.717) is 12.2 Å². The fourth-order valence-corrected chi connectivity index (χ4v) is 4.45. The van der Waals surface area contributed by atoms with E-state index >= 15 is 0 Å². The number of hydrogen-bond donors (Lipinski definition) is 1. The molecular formula is C21H23F2N3O2. The van der Waals surface area contributed by atoms with Crippen LogP contribution in [0.3, 0.4) is 0 Å². The molecule has 5 rings (SSSR count). The Morgan fingerprint density at radius 1 is 1.25 bits per heavy atom. The van der Waals surface area contributed by atoms with Crippen LogP contribution in [0.1, 0.15) is 34.5 Å². The van der Waals surface area contributed by atoms with E-state index in [1.165, 1.54) is 0 Å². The summed E-state index contributed by atoms with van der Waals surface area (Å²) in [5, 5.41) is 3.07. The molecule has 2 saturated heterocycles. The standard InChI is InChI=1S/C21H23F2N3O2/c1-12-7-8-25(2)20(12)21(28)24-19-14-10-17(19)26(11-14)18(27)6-3-13-9-15(22)4-5-16(13)23/h4-5,7-9,14,17,19H,3,6,10-11H2,1-2H3,(H,24,28). The third-order valence-corrected chi connectivity index (χ3v) is 6.02. The second-order valence-electron chi connectivity index (χ2n) is 7.80. The van der Waals surface area contributed by atoms with Crippen molar-refractivity contribution >= 4 is 11.8 Å². The Balaban J connectivity index is 1.36. The van der Waals surface area contributed by atoms with Gasteiger partial charge in [-0.05, 0) is 55.2 Å². The van der Waals surface area contributed by atoms with E-state index in [1.807, 2.05) is 26.2 Å². The molecule has 0 radical (unpaired) electrons. The van der Waals surface area contributed by atoms with Gasteiger partial charge in [-0.15, -0.1) is 0 Å². The van der Waals surface area contributed by atoms with Crippen molar-refractivity contribution in [1.82, 2.24) is 14.8 Å². The van der Waals surface area contributed by atoms with Crippen molar-refractivity contribution in [3.05, 3.63) is 58.9 Å². The van der Waals surface area contributed by atoms with Crippen molar-refractivity contribution in [1.29, 1.82) is 0 Å². The van der Waals surface area contributed by atoms with Crippen molar-refractivity contribution < 1.29 is 18.4 Å². The topological polar surface area (TPSA) is 54.3 Å². The Labute approximate surface area is 162 Å². The van der Waals surface area contributed by atoms with Crippen LogP contribution in [0.2, 0.25) is 0 Å². The summed E-state index contributed by atoms with van der Waals surface area (Å²) in [5.74, 6) is -0.956. The molecule has 1 aromatic carbocycles. The summed E-state index contributed by atoms with van der Waals surface area (Å²) in [7, 11) is 1.83. The molecule has 28 heavy (non-hydrogen) atoms. The number of hydrogen-bond acceptors (Lipinski definition) is 2. The minimum atomic E-state index is -0.508. The summed E-state index contributed by atoms with van der Waals surface area (Å²) in [6.45, 7) is 2.50. The predicted octanol–water partition coefficient (Wildman–Crippen LogP) is 2.57. The summed E-state index contributed by atoms with van der Waals surface area (Å²) >= 11 is 0. The van der Waals surface area contributed by atoms with Gasteiger partial charge in [0.15, 0.2) is 0 Å². The molecule has 1 saturated carbocycles. The van der Waals surface area contributed by atoms with Gasteiger partial charge < -0.3 is 14.8 Å². The molecule has 3 fully saturated rings. The Morgan fingerprint density at radius 3 is 2.75 bits per heavy atom. The number of nitrogens with one attached hydrogen (secondary N) is 1. The number of halogens is 2. The second kappa shape index (κ2) is 7.04. The minimum absolute atomic E-state index is 0.0145. The van der Waals surface area contributed by atoms with E-state index in [-0.39, 0.29) is 48.2 Å². The normalized spacial score (nSPS) is 22.9. The Kier molecular flexibility index (Phi) is 4.69. The molecule has 0 spiro atoms. The van der Waals surface area contributed by atoms with Crippen molar-refractivity contribution in [2.75, 3.05) is 6.54 Å². The maximum atomic E-state index is 13.7. The van der Waals surface area contributed by atoms with Crippen molar-refractivity contribution in [2.24, 2.45) is 13.0 Å². The van der Waals surface area contributed by atoms with Gasteiger partial charge in [-0.2, -0.15) is 0 Å². The van der Waals surface area contributed by atoms with Crippen molar-refractivity contribution in [3.63, 3.8) is 0 Å². The maximum Gasteiger partial charge on any atom is 0.268 e. The molecule has 1 N–H and O–H groups in total. The first-order chi connectivity index (χ1) is 13.3. The van der Waals surface area contributed by atoms with E-state index in [2.05, 4.69) is 5.32 Å². The average molecular weight is 387 g/mol. The lowest BCUT2D eigenvalue weighted by Crippen LogP contribution is -2.55. The lowest BCUT2D eigenvalue weighted by molar-refractivity contribution is -0.131. The second-order valence-corrected chi connectivity index (χ2v) is 7.80. The molecular weight excluding hydrogens is 364 g/mol. The molecule has 2 aliphatic heterocycles. The Hall–Kier alpha value is -2.70. The Bertz CT molecular complexity index is 920. The summed E-state index contributed by atoms with van der Waals surface area (Å²) in [6, 6.07) is 5.12. The van der Waals surface area contributed by atoms with Crippen LogP contribution in [0, 0.1) is 24.5 Å². The highest BCUT2D eigenvalue weighted by atomic mass is 19.1. The van der Waals surface area contributed by atoms with Gasteiger partial charge in [-0.3, -0.25) is 9.59 Å². The minimum Gasteiger partial charge on any atom is -0.346 e. The SMILES string of the molecule is Cc1ccn(C)c1C(=O)NC1C2CC1N(C(=O)CCc1cc(F)ccc1F)C2. The van der Waals surface area contributed by atoms with E-state index in [0.717, 1.165) is 30.2 Å². The summed E-state index contributed by atoms with van der Waals surface area (Å²) in [6.07, 6.45) is 3.01. The van der Waals surface area contributed by atoms with E-state index in [9.17, 15) is 18.4 Å². The van der Waals surface area contributed by atoms with Crippen molar-refractivity contribution in [3.8, 4) is 0 Å². The van der Waals surface area contributed by atoms with Crippen LogP contribution in [0.25, 0.3) is 0 Å². The molecule has 2 aromatic rings. The van der Waals surface area contributed by atoms with E-state index in [4.69, 9.17) is 0 Å². The van der Waals surface area contributed by atoms with Crippen LogP contribution in [-0.2, 0) is 18.3 Å². The monoisotopic (exact) mass is 387 g/mol. The molecule has 1 aliphatic carbocycles. The number of carbonyl (C=O) groups is 2. The molecule has 5 nitrogen and oxygen atoms in total. The van der Waals surface area contributed by atoms with Crippen LogP contribution < -0.4 is 5.32 Å². The van der Waals surface area contributed by atoms with Crippen LogP contribution in [-0.4, -0.2) is 39.9 Å². The number of carbonyl (C=O) groups excluding carboxylic acids is 2. The van der Waals surface area contributed by atoms with Crippen LogP contribution in [0.4, 0.5) is 8.78 Å². The van der Waals surface area contributed by atoms with Gasteiger partial charge in [0.25, 0.3) is 5.91 Å². The number of benzene rings is 1. The molecule has 2 bridgehead atoms. The molecule has 148 valence electrons. The number of nitrogens with zero attached hydrogens (tertiary/aromatic N) is 2. The van der Waals surface area contributed by atoms with Gasteiger partial charge in [0, 0.05) is 32.1 Å². The smallest absolute Gasteiger partial charge is 0.268 e. The lowest BCUT2D eigenvalue weighted by Gasteiger charge is -2.37. The Morgan fingerprint density at radius 2 is 2.04 bits per heavy atom. The number of amides is 2. The number of aryl methyl sites for hydroxylation is 3. The van der Waals surface area contributed by atoms with Crippen LogP contribution >= 0.6 is 0 Å². The van der Waals surface area contributed by atoms with Crippen molar-refractivity contribution in [2.45, 2.75) is 38.3 Å². The molecule has 3 unspecified atom stereocenters. The first kappa shape index (κ1) is 18.7. The summed E-state index contributed by atoms with van der Waals surface area (Å²) < 4.78 is 28.8. The predicted molar refractivity (Wildman–Crippen MR) is 99.7 cm³/mol. The van der Waals surface area contributed by atoms with Gasteiger partial charge >= 0.3 is 0 Å². The third-order valence-electron chi connectivity index (χ3n) is 6.02. The lowest BCUT2D eigenvalue weighted by atomic mass is 9.80. The van der Waals surface area contributed by atoms with E-state index in [1.54, 1.807) is 9.47 Å². The van der Waals surface area contributed by atoms with Gasteiger partial charge in [0.1, 0.15) is 17.3 Å². The van der Waals surface area contributed by atoms with Gasteiger partial charge in [-0.25, -0.2) is 8.78 Å². The van der Waals surface area contributed by atoms with E-state index < -0.39 is 11.6 Å². The number of fused-ring (bicyclic) bond motifs is 1. The quantitative estimate of drug-likeness (QED) is 0.857. The van der Waals surface area contributed by atoms with Crippen LogP contribution in [0.15, 0.2) is 30.5 Å². The fourth-order valence-electron chi connectivity index (χ4n) is 4.45. The third kappa shape index (κ3) is 3.19. The summed E-state index contributed by atoms with van der Waals surface area (Å²) in [4.78, 5) is 27.0. The zero-order valence-corrected chi connectivity index (χ0v) is 15.9. The largest absolute Gasteiger partial charge is 0.346 e. The first-order valence-electron chi connectivity index (χ1n) is 9.51. The fraction of sp³-hybridized carbons (Fsp3) is 0.429. The highest BCUT2D eigenvalue weighted by molar-refractivity contribution is 5.94. The summed E-state index contributed by atoms with van der Waals surface area (Å²) in [5.41, 5.74) is 1.76. The highest BCUT2D eigenvalue weighted by Gasteiger charge is 2.54. The van der Waals surface area contributed by atoms with Gasteiger partial charge in [-0.1, -0.05) is 0 Å². The molecule has 3 aliphatic rings. The average Bonchev–Trinajstić information content (AvgIpc) is 3.33. The molecule has 2 amide bonds. The first-order valence-corrected chi connectivity index (χ1v) is 9.51. The highest BCUT2D eigenvalue weighted by Crippen LogP contribution is 2.41. The molecule has 3 heterocycles. The van der Waals surface area contributed by atoms with Gasteiger partial charge in [0.05, 0.1) is 12.1 Å². The molecule has 1 aromatic heterocycles. The van der Waals surface area contributed by atoms with Gasteiger partial charge in [0.2, 0.25) is 5.91 Å².